The number of nitrogens with zero attached hydrogens (tertiary/aromatic N) is 2. The largest absolute Gasteiger partial charge is 0.476 e. The molecule has 0 saturated heterocycles. The molecule has 0 saturated carbocycles. The van der Waals surface area contributed by atoms with Gasteiger partial charge in [-0.25, -0.2) is 14.6 Å². The first-order valence-corrected chi connectivity index (χ1v) is 7.40. The van der Waals surface area contributed by atoms with Crippen LogP contribution in [-0.4, -0.2) is 31.7 Å². The molecule has 2 N–H and O–H groups in total. The van der Waals surface area contributed by atoms with Gasteiger partial charge in [-0.1, -0.05) is 6.07 Å². The average molecular weight is 418 g/mol. The summed E-state index contributed by atoms with van der Waals surface area (Å²) in [6.45, 7) is 1.77. The van der Waals surface area contributed by atoms with Crippen LogP contribution in [0.25, 0.3) is 0 Å². The van der Waals surface area contributed by atoms with Crippen molar-refractivity contribution in [1.82, 2.24) is 9.55 Å². The van der Waals surface area contributed by atoms with Gasteiger partial charge in [0.25, 0.3) is 0 Å². The Morgan fingerprint density at radius 2 is 1.86 bits per heavy atom. The SMILES string of the molecule is CC(c1ccc(Br)c(Br)c1)n1cnc(C(=O)O)c1C(=O)O. The molecule has 110 valence electrons. The van der Waals surface area contributed by atoms with Crippen LogP contribution < -0.4 is 0 Å². The molecule has 1 atom stereocenters. The quantitative estimate of drug-likeness (QED) is 0.795. The molecule has 0 aliphatic rings. The fraction of sp³-hybridized carbons (Fsp3) is 0.154. The highest BCUT2D eigenvalue weighted by Crippen LogP contribution is 2.29. The van der Waals surface area contributed by atoms with Crippen LogP contribution in [0.1, 0.15) is 39.5 Å². The molecule has 1 heterocycles. The molecule has 0 fully saturated rings. The van der Waals surface area contributed by atoms with Gasteiger partial charge in [-0.3, -0.25) is 0 Å². The van der Waals surface area contributed by atoms with Gasteiger partial charge in [-0.2, -0.15) is 0 Å². The van der Waals surface area contributed by atoms with Crippen LogP contribution in [0, 0.1) is 0 Å². The molecule has 1 unspecified atom stereocenters. The van der Waals surface area contributed by atoms with Gasteiger partial charge >= 0.3 is 11.9 Å². The maximum Gasteiger partial charge on any atom is 0.357 e. The molecule has 0 radical (unpaired) electrons. The van der Waals surface area contributed by atoms with Crippen molar-refractivity contribution in [3.8, 4) is 0 Å². The van der Waals surface area contributed by atoms with Crippen LogP contribution in [0.15, 0.2) is 33.5 Å². The Morgan fingerprint density at radius 3 is 2.38 bits per heavy atom. The monoisotopic (exact) mass is 416 g/mol. The van der Waals surface area contributed by atoms with E-state index in [1.165, 1.54) is 10.9 Å². The van der Waals surface area contributed by atoms with Crippen molar-refractivity contribution >= 4 is 43.8 Å². The second kappa shape index (κ2) is 5.98. The van der Waals surface area contributed by atoms with Crippen molar-refractivity contribution in [3.63, 3.8) is 0 Å². The lowest BCUT2D eigenvalue weighted by molar-refractivity contribution is 0.0639. The number of hydrogen-bond donors (Lipinski definition) is 2. The maximum atomic E-state index is 11.3. The molecule has 2 aromatic rings. The molecule has 8 heteroatoms. The number of hydrogen-bond acceptors (Lipinski definition) is 3. The number of aromatic nitrogens is 2. The molecule has 0 aliphatic heterocycles. The van der Waals surface area contributed by atoms with Crippen molar-refractivity contribution in [3.05, 3.63) is 50.4 Å². The lowest BCUT2D eigenvalue weighted by atomic mass is 10.1. The van der Waals surface area contributed by atoms with Crippen molar-refractivity contribution < 1.29 is 19.8 Å². The minimum atomic E-state index is -1.37. The van der Waals surface area contributed by atoms with E-state index in [9.17, 15) is 14.7 Å². The topological polar surface area (TPSA) is 92.4 Å². The van der Waals surface area contributed by atoms with Crippen molar-refractivity contribution in [2.45, 2.75) is 13.0 Å². The first-order chi connectivity index (χ1) is 9.82. The third-order valence-electron chi connectivity index (χ3n) is 3.04. The highest BCUT2D eigenvalue weighted by molar-refractivity contribution is 9.13. The number of carboxylic acids is 2. The first kappa shape index (κ1) is 15.7. The normalized spacial score (nSPS) is 12.1. The Labute approximate surface area is 136 Å². The van der Waals surface area contributed by atoms with Crippen molar-refractivity contribution in [2.24, 2.45) is 0 Å². The van der Waals surface area contributed by atoms with Gasteiger partial charge in [-0.15, -0.1) is 0 Å². The lowest BCUT2D eigenvalue weighted by Gasteiger charge is -2.16. The highest BCUT2D eigenvalue weighted by atomic mass is 79.9. The number of carbonyl (C=O) groups is 2. The summed E-state index contributed by atoms with van der Waals surface area (Å²) in [6.07, 6.45) is 1.23. The van der Waals surface area contributed by atoms with Crippen molar-refractivity contribution in [2.75, 3.05) is 0 Å². The Balaban J connectivity index is 2.53. The molecule has 1 aromatic heterocycles. The zero-order valence-corrected chi connectivity index (χ0v) is 13.9. The molecule has 21 heavy (non-hydrogen) atoms. The second-order valence-corrected chi connectivity index (χ2v) is 6.02. The standard InChI is InChI=1S/C13H10Br2N2O4/c1-6(7-2-3-8(14)9(15)4-7)17-5-16-10(12(18)19)11(17)13(20)21/h2-6H,1H3,(H,18,19)(H,20,21). The Hall–Kier alpha value is -1.67. The summed E-state index contributed by atoms with van der Waals surface area (Å²) in [5.74, 6) is -2.69. The molecule has 0 bridgehead atoms. The smallest absolute Gasteiger partial charge is 0.357 e. The summed E-state index contributed by atoms with van der Waals surface area (Å²) in [5, 5.41) is 18.2. The number of imidazole rings is 1. The fourth-order valence-electron chi connectivity index (χ4n) is 1.96. The highest BCUT2D eigenvalue weighted by Gasteiger charge is 2.25. The van der Waals surface area contributed by atoms with Gasteiger partial charge in [0.15, 0.2) is 11.4 Å². The van der Waals surface area contributed by atoms with Crippen LogP contribution in [0.2, 0.25) is 0 Å². The predicted octanol–water partition coefficient (Wildman–Crippen LogP) is 3.41. The van der Waals surface area contributed by atoms with Crippen LogP contribution in [0.5, 0.6) is 0 Å². The molecule has 1 aromatic carbocycles. The van der Waals surface area contributed by atoms with E-state index >= 15 is 0 Å². The second-order valence-electron chi connectivity index (χ2n) is 4.31. The van der Waals surface area contributed by atoms with E-state index in [4.69, 9.17) is 5.11 Å². The minimum absolute atomic E-state index is 0.339. The van der Waals surface area contributed by atoms with Gasteiger partial charge in [0.2, 0.25) is 0 Å². The summed E-state index contributed by atoms with van der Waals surface area (Å²) in [4.78, 5) is 26.1. The summed E-state index contributed by atoms with van der Waals surface area (Å²) in [5.41, 5.74) is 0.0153. The minimum Gasteiger partial charge on any atom is -0.476 e. The van der Waals surface area contributed by atoms with E-state index in [1.807, 2.05) is 18.2 Å². The number of halogens is 2. The zero-order chi connectivity index (χ0) is 15.7. The summed E-state index contributed by atoms with van der Waals surface area (Å²) in [7, 11) is 0. The third-order valence-corrected chi connectivity index (χ3v) is 4.92. The molecular formula is C13H10Br2N2O4. The van der Waals surface area contributed by atoms with E-state index < -0.39 is 17.6 Å². The van der Waals surface area contributed by atoms with Crippen LogP contribution in [0.3, 0.4) is 0 Å². The number of aromatic carboxylic acids is 2. The van der Waals surface area contributed by atoms with Gasteiger partial charge in [0, 0.05) is 8.95 Å². The zero-order valence-electron chi connectivity index (χ0n) is 10.7. The Morgan fingerprint density at radius 1 is 1.19 bits per heavy atom. The van der Waals surface area contributed by atoms with E-state index in [1.54, 1.807) is 6.92 Å². The van der Waals surface area contributed by atoms with Crippen LogP contribution in [-0.2, 0) is 0 Å². The van der Waals surface area contributed by atoms with Crippen LogP contribution >= 0.6 is 31.9 Å². The molecule has 6 nitrogen and oxygen atoms in total. The molecule has 2 rings (SSSR count). The van der Waals surface area contributed by atoms with Gasteiger partial charge in [0.1, 0.15) is 0 Å². The molecule has 0 amide bonds. The molecule has 0 aliphatic carbocycles. The third kappa shape index (κ3) is 3.01. The van der Waals surface area contributed by atoms with E-state index in [-0.39, 0.29) is 11.7 Å². The predicted molar refractivity (Wildman–Crippen MR) is 81.8 cm³/mol. The Kier molecular flexibility index (Phi) is 4.48. The summed E-state index contributed by atoms with van der Waals surface area (Å²) >= 11 is 6.74. The fourth-order valence-corrected chi connectivity index (χ4v) is 2.60. The van der Waals surface area contributed by atoms with Gasteiger partial charge in [-0.05, 0) is 56.5 Å². The lowest BCUT2D eigenvalue weighted by Crippen LogP contribution is -2.16. The Bertz CT molecular complexity index is 727. The van der Waals surface area contributed by atoms with Crippen molar-refractivity contribution in [1.29, 1.82) is 0 Å². The number of benzene rings is 1. The van der Waals surface area contributed by atoms with E-state index in [0.717, 1.165) is 14.5 Å². The van der Waals surface area contributed by atoms with Crippen LogP contribution in [0.4, 0.5) is 0 Å². The number of carboxylic acid groups (broad SMARTS) is 2. The van der Waals surface area contributed by atoms with E-state index in [0.29, 0.717) is 0 Å². The summed E-state index contributed by atoms with van der Waals surface area (Å²) < 4.78 is 3.03. The molecule has 0 spiro atoms. The summed E-state index contributed by atoms with van der Waals surface area (Å²) in [6, 6.07) is 5.11. The average Bonchev–Trinajstić information content (AvgIpc) is 2.86. The first-order valence-electron chi connectivity index (χ1n) is 5.81. The number of rotatable bonds is 4. The molecular weight excluding hydrogens is 408 g/mol. The van der Waals surface area contributed by atoms with E-state index in [2.05, 4.69) is 36.8 Å². The maximum absolute atomic E-state index is 11.3. The van der Waals surface area contributed by atoms with Gasteiger partial charge < -0.3 is 14.8 Å². The van der Waals surface area contributed by atoms with Gasteiger partial charge in [0.05, 0.1) is 12.4 Å².